The molecule has 1 fully saturated rings. The number of fused-ring (bicyclic) bond motifs is 2. The van der Waals surface area contributed by atoms with Crippen molar-refractivity contribution in [2.45, 2.75) is 173 Å². The van der Waals surface area contributed by atoms with E-state index in [0.29, 0.717) is 0 Å². The van der Waals surface area contributed by atoms with Gasteiger partial charge in [-0.15, -0.1) is 0 Å². The number of rotatable bonds is 6. The van der Waals surface area contributed by atoms with Crippen molar-refractivity contribution in [1.82, 2.24) is 0 Å². The van der Waals surface area contributed by atoms with Gasteiger partial charge in [0.05, 0.1) is 0 Å². The van der Waals surface area contributed by atoms with Gasteiger partial charge in [-0.3, -0.25) is 0 Å². The van der Waals surface area contributed by atoms with E-state index in [-0.39, 0.29) is 53.7 Å². The van der Waals surface area contributed by atoms with Crippen LogP contribution in [-0.4, -0.2) is 3.21 Å². The molecule has 0 saturated heterocycles. The molecule has 2 heterocycles. The number of furan rings is 2. The van der Waals surface area contributed by atoms with Crippen molar-refractivity contribution in [2.75, 3.05) is 0 Å². The van der Waals surface area contributed by atoms with Crippen LogP contribution < -0.4 is 24.8 Å². The Hall–Kier alpha value is -3.75. The Morgan fingerprint density at radius 3 is 1.04 bits per heavy atom. The van der Waals surface area contributed by atoms with Crippen molar-refractivity contribution >= 4 is 26.5 Å². The number of hydrogen-bond donors (Lipinski definition) is 0. The topological polar surface area (TPSA) is 26.3 Å². The summed E-state index contributed by atoms with van der Waals surface area (Å²) >= 11 is -2.97. The third-order valence-electron chi connectivity index (χ3n) is 15.6. The van der Waals surface area contributed by atoms with E-state index in [1.54, 1.807) is 0 Å². The first-order chi connectivity index (χ1) is 31.2. The Morgan fingerprint density at radius 2 is 0.783 bits per heavy atom. The number of allylic oxidation sites excluding steroid dienone is 2. The summed E-state index contributed by atoms with van der Waals surface area (Å²) in [5.74, 6) is 3.99. The van der Waals surface area contributed by atoms with E-state index in [0.717, 1.165) is 23.0 Å². The van der Waals surface area contributed by atoms with Crippen LogP contribution in [0.25, 0.3) is 45.6 Å². The number of benzene rings is 4. The second kappa shape index (κ2) is 18.7. The molecule has 3 aliphatic rings. The molecule has 9 rings (SSSR count). The number of aryl methyl sites for hydroxylation is 4. The molecule has 0 aliphatic heterocycles. The Labute approximate surface area is 435 Å². The fourth-order valence-corrected chi connectivity index (χ4v) is 21.7. The minimum Gasteiger partial charge on any atom is -1.00 e. The maximum absolute atomic E-state index is 6.80. The fourth-order valence-electron chi connectivity index (χ4n) is 11.0. The van der Waals surface area contributed by atoms with Crippen LogP contribution in [0.4, 0.5) is 0 Å². The van der Waals surface area contributed by atoms with E-state index < -0.39 is 21.3 Å². The zero-order chi connectivity index (χ0) is 48.4. The van der Waals surface area contributed by atoms with Crippen LogP contribution in [0.3, 0.4) is 0 Å². The largest absolute Gasteiger partial charge is 1.00 e. The van der Waals surface area contributed by atoms with Gasteiger partial charge < -0.3 is 24.8 Å². The van der Waals surface area contributed by atoms with Crippen LogP contribution in [0.1, 0.15) is 199 Å². The summed E-state index contributed by atoms with van der Waals surface area (Å²) in [5.41, 5.74) is 25.1. The van der Waals surface area contributed by atoms with Crippen molar-refractivity contribution in [1.29, 1.82) is 0 Å². The first kappa shape index (κ1) is 53.1. The maximum Gasteiger partial charge on any atom is -1.00 e. The van der Waals surface area contributed by atoms with Crippen molar-refractivity contribution in [3.63, 3.8) is 0 Å². The predicted octanol–water partition coefficient (Wildman–Crippen LogP) is 12.1. The molecule has 0 N–H and O–H groups in total. The summed E-state index contributed by atoms with van der Waals surface area (Å²) in [4.78, 5) is 0. The Bertz CT molecular complexity index is 2830. The van der Waals surface area contributed by atoms with E-state index in [1.165, 1.54) is 119 Å². The molecular formula is C64H76Cl2O2Zr. The summed E-state index contributed by atoms with van der Waals surface area (Å²) in [6.07, 6.45) is 8.91. The van der Waals surface area contributed by atoms with Gasteiger partial charge in [0.2, 0.25) is 0 Å². The molecular weight excluding hydrogens is 963 g/mol. The van der Waals surface area contributed by atoms with Gasteiger partial charge in [-0.1, -0.05) is 0 Å². The standard InChI is InChI=1S/2C30H35O.C4H6.2ClH.Zr/c2*1-18-12-21-13-22(27-11-10-19(2)31-27)16-26(21)28(20(18)3)23-14-24(29(4,5)6)17-25(15-23)30(7,8)9;1-2-4-3-1;;;/h2*10-17H,1-9H3;1-3H2;2*1H;/q;;;;;+2/p-2. The Morgan fingerprint density at radius 1 is 0.449 bits per heavy atom. The Balaban J connectivity index is 0.00000352. The smallest absolute Gasteiger partial charge is 1.00 e. The van der Waals surface area contributed by atoms with Crippen LogP contribution in [0.5, 0.6) is 0 Å². The molecule has 362 valence electrons. The van der Waals surface area contributed by atoms with Crippen LogP contribution in [0.15, 0.2) is 81.6 Å². The van der Waals surface area contributed by atoms with E-state index in [2.05, 4.69) is 210 Å². The summed E-state index contributed by atoms with van der Waals surface area (Å²) in [6, 6.07) is 29.0. The second-order valence-electron chi connectivity index (χ2n) is 24.8. The average Bonchev–Trinajstić information content (AvgIpc) is 4.01. The molecule has 69 heavy (non-hydrogen) atoms. The SMILES string of the molecule is Cc1ccc(C2=Cc3c(cc(C)c(C)c3-c3cc(C(C)(C)C)cc(C(C)(C)C)c3)[CH]2[Zr+2](=[C]2CCC2)[CH]2C(c3ccc(C)o3)=Cc3c2cc(C)c(C)c3-c2cc(C(C)(C)C)cc(C(C)(C)C)c2)o1.[Cl-].[Cl-]. The Kier molecular flexibility index (Phi) is 14.4. The molecule has 0 amide bonds. The molecule has 0 bridgehead atoms. The van der Waals surface area contributed by atoms with Crippen LogP contribution in [0.2, 0.25) is 0 Å². The molecule has 0 radical (unpaired) electrons. The van der Waals surface area contributed by atoms with Crippen molar-refractivity contribution < 1.29 is 54.9 Å². The molecule has 5 heteroatoms. The van der Waals surface area contributed by atoms with Crippen molar-refractivity contribution in [2.24, 2.45) is 0 Å². The van der Waals surface area contributed by atoms with E-state index in [4.69, 9.17) is 8.83 Å². The third kappa shape index (κ3) is 9.70. The zero-order valence-electron chi connectivity index (χ0n) is 44.9. The van der Waals surface area contributed by atoms with Crippen LogP contribution in [-0.2, 0) is 42.9 Å². The number of hydrogen-bond acceptors (Lipinski definition) is 2. The normalized spacial score (nSPS) is 16.7. The average molecular weight is 1040 g/mol. The summed E-state index contributed by atoms with van der Waals surface area (Å²) in [6.45, 7) is 42.0. The first-order valence-electron chi connectivity index (χ1n) is 25.1. The zero-order valence-corrected chi connectivity index (χ0v) is 48.9. The van der Waals surface area contributed by atoms with E-state index in [1.807, 2.05) is 3.21 Å². The summed E-state index contributed by atoms with van der Waals surface area (Å²) < 4.78 is 16.0. The molecule has 4 aromatic carbocycles. The van der Waals surface area contributed by atoms with E-state index in [9.17, 15) is 0 Å². The second-order valence-corrected chi connectivity index (χ2v) is 31.6. The summed E-state index contributed by atoms with van der Waals surface area (Å²) in [5, 5.41) is 0. The minimum absolute atomic E-state index is 0. The van der Waals surface area contributed by atoms with Gasteiger partial charge in [0.25, 0.3) is 0 Å². The molecule has 0 spiro atoms. The van der Waals surface area contributed by atoms with Crippen LogP contribution >= 0.6 is 0 Å². The maximum atomic E-state index is 6.80. The monoisotopic (exact) mass is 1040 g/mol. The quantitative estimate of drug-likeness (QED) is 0.166. The molecule has 2 nitrogen and oxygen atoms in total. The van der Waals surface area contributed by atoms with E-state index >= 15 is 0 Å². The van der Waals surface area contributed by atoms with Gasteiger partial charge in [-0.25, -0.2) is 0 Å². The summed E-state index contributed by atoms with van der Waals surface area (Å²) in [7, 11) is 0. The molecule has 2 aromatic heterocycles. The third-order valence-corrected chi connectivity index (χ3v) is 25.0. The fraction of sp³-hybridized carbons (Fsp3) is 0.422. The number of halogens is 2. The van der Waals surface area contributed by atoms with Crippen LogP contribution in [0, 0.1) is 41.5 Å². The minimum atomic E-state index is -2.97. The predicted molar refractivity (Wildman–Crippen MR) is 284 cm³/mol. The molecule has 1 saturated carbocycles. The van der Waals surface area contributed by atoms with Gasteiger partial charge in [0.15, 0.2) is 0 Å². The van der Waals surface area contributed by atoms with Gasteiger partial charge in [-0.05, 0) is 0 Å². The molecule has 2 unspecified atom stereocenters. The van der Waals surface area contributed by atoms with Gasteiger partial charge in [0.1, 0.15) is 0 Å². The van der Waals surface area contributed by atoms with Gasteiger partial charge in [0, 0.05) is 0 Å². The van der Waals surface area contributed by atoms with Crippen molar-refractivity contribution in [3.8, 4) is 22.3 Å². The van der Waals surface area contributed by atoms with Gasteiger partial charge in [-0.2, -0.15) is 0 Å². The van der Waals surface area contributed by atoms with Crippen molar-refractivity contribution in [3.05, 3.63) is 163 Å². The molecule has 6 aromatic rings. The molecule has 3 aliphatic carbocycles. The first-order valence-corrected chi connectivity index (χ1v) is 29.2. The van der Waals surface area contributed by atoms with Gasteiger partial charge >= 0.3 is 414 Å². The molecule has 2 atom stereocenters.